The molecule has 6 heteroatoms. The van der Waals surface area contributed by atoms with E-state index in [4.69, 9.17) is 4.74 Å². The fourth-order valence-corrected chi connectivity index (χ4v) is 3.56. The van der Waals surface area contributed by atoms with Gasteiger partial charge in [-0.05, 0) is 44.6 Å². The Bertz CT molecular complexity index is 596. The molecule has 0 spiro atoms. The number of nitrogens with zero attached hydrogens (tertiary/aromatic N) is 3. The van der Waals surface area contributed by atoms with Crippen LogP contribution in [0.2, 0.25) is 0 Å². The molecule has 1 amide bonds. The van der Waals surface area contributed by atoms with Crippen LogP contribution in [0.25, 0.3) is 0 Å². The summed E-state index contributed by atoms with van der Waals surface area (Å²) in [6, 6.07) is 0. The zero-order valence-corrected chi connectivity index (χ0v) is 15.2. The van der Waals surface area contributed by atoms with Crippen molar-refractivity contribution in [3.8, 4) is 0 Å². The molecule has 1 aliphatic heterocycles. The van der Waals surface area contributed by atoms with Gasteiger partial charge in [0.1, 0.15) is 0 Å². The molecule has 1 saturated heterocycles. The van der Waals surface area contributed by atoms with Gasteiger partial charge < -0.3 is 10.1 Å². The van der Waals surface area contributed by atoms with Gasteiger partial charge in [0, 0.05) is 25.8 Å². The Morgan fingerprint density at radius 3 is 3.12 bits per heavy atom. The maximum Gasteiger partial charge on any atom is 0.234 e. The van der Waals surface area contributed by atoms with Gasteiger partial charge in [0.15, 0.2) is 0 Å². The van der Waals surface area contributed by atoms with Gasteiger partial charge in [-0.15, -0.1) is 0 Å². The van der Waals surface area contributed by atoms with Gasteiger partial charge in [-0.3, -0.25) is 14.4 Å². The molecule has 2 heterocycles. The average molecular weight is 346 g/mol. The molecule has 2 aliphatic rings. The minimum Gasteiger partial charge on any atom is -0.374 e. The largest absolute Gasteiger partial charge is 0.374 e. The van der Waals surface area contributed by atoms with E-state index in [9.17, 15) is 4.79 Å². The lowest BCUT2D eigenvalue weighted by molar-refractivity contribution is -0.124. The SMILES string of the molecule is Cc1cnn(CC2CN(CC(=O)NCCC3=CCCCC3)CCO2)c1. The highest BCUT2D eigenvalue weighted by atomic mass is 16.5. The molecular weight excluding hydrogens is 316 g/mol. The fraction of sp³-hybridized carbons (Fsp3) is 0.684. The summed E-state index contributed by atoms with van der Waals surface area (Å²) in [5.74, 6) is 0.118. The fourth-order valence-electron chi connectivity index (χ4n) is 3.56. The Kier molecular flexibility index (Phi) is 6.64. The number of hydrogen-bond acceptors (Lipinski definition) is 4. The van der Waals surface area contributed by atoms with E-state index in [1.165, 1.54) is 31.3 Å². The number of carbonyl (C=O) groups is 1. The third kappa shape index (κ3) is 5.97. The topological polar surface area (TPSA) is 59.4 Å². The van der Waals surface area contributed by atoms with Gasteiger partial charge in [-0.2, -0.15) is 5.10 Å². The first-order chi connectivity index (χ1) is 12.2. The molecule has 0 aromatic carbocycles. The molecule has 6 nitrogen and oxygen atoms in total. The Balaban J connectivity index is 1.36. The van der Waals surface area contributed by atoms with Gasteiger partial charge in [0.25, 0.3) is 0 Å². The summed E-state index contributed by atoms with van der Waals surface area (Å²) < 4.78 is 7.74. The van der Waals surface area contributed by atoms with Gasteiger partial charge in [-0.1, -0.05) is 11.6 Å². The highest BCUT2D eigenvalue weighted by molar-refractivity contribution is 5.78. The smallest absolute Gasteiger partial charge is 0.234 e. The van der Waals surface area contributed by atoms with Crippen molar-refractivity contribution < 1.29 is 9.53 Å². The predicted molar refractivity (Wildman–Crippen MR) is 97.3 cm³/mol. The molecule has 1 unspecified atom stereocenters. The lowest BCUT2D eigenvalue weighted by Crippen LogP contribution is -2.48. The number of carbonyl (C=O) groups excluding carboxylic acids is 1. The number of aryl methyl sites for hydroxylation is 1. The first-order valence-corrected chi connectivity index (χ1v) is 9.46. The third-order valence-corrected chi connectivity index (χ3v) is 4.90. The predicted octanol–water partition coefficient (Wildman–Crippen LogP) is 1.90. The van der Waals surface area contributed by atoms with Crippen molar-refractivity contribution in [2.45, 2.75) is 51.7 Å². The molecular formula is C19H30N4O2. The minimum atomic E-state index is 0.0910. The van der Waals surface area contributed by atoms with Gasteiger partial charge >= 0.3 is 0 Å². The van der Waals surface area contributed by atoms with Crippen LogP contribution in [0.15, 0.2) is 24.0 Å². The monoisotopic (exact) mass is 346 g/mol. The molecule has 3 rings (SSSR count). The molecule has 1 atom stereocenters. The van der Waals surface area contributed by atoms with E-state index in [-0.39, 0.29) is 12.0 Å². The van der Waals surface area contributed by atoms with Crippen molar-refractivity contribution in [3.63, 3.8) is 0 Å². The van der Waals surface area contributed by atoms with E-state index in [0.717, 1.165) is 38.2 Å². The van der Waals surface area contributed by atoms with Crippen molar-refractivity contribution in [2.75, 3.05) is 32.8 Å². The second-order valence-corrected chi connectivity index (χ2v) is 7.18. The summed E-state index contributed by atoms with van der Waals surface area (Å²) in [6.07, 6.45) is 12.3. The van der Waals surface area contributed by atoms with E-state index >= 15 is 0 Å². The average Bonchev–Trinajstić information content (AvgIpc) is 3.01. The molecule has 1 aromatic rings. The van der Waals surface area contributed by atoms with Crippen molar-refractivity contribution >= 4 is 5.91 Å². The number of rotatable bonds is 7. The number of hydrogen-bond donors (Lipinski definition) is 1. The van der Waals surface area contributed by atoms with Crippen molar-refractivity contribution in [1.29, 1.82) is 0 Å². The Morgan fingerprint density at radius 1 is 1.44 bits per heavy atom. The van der Waals surface area contributed by atoms with Gasteiger partial charge in [0.2, 0.25) is 5.91 Å². The van der Waals surface area contributed by atoms with Crippen LogP contribution < -0.4 is 5.32 Å². The Hall–Kier alpha value is -1.66. The number of ether oxygens (including phenoxy) is 1. The highest BCUT2D eigenvalue weighted by Crippen LogP contribution is 2.19. The molecule has 1 N–H and O–H groups in total. The number of allylic oxidation sites excluding steroid dienone is 1. The van der Waals surface area contributed by atoms with Crippen LogP contribution in [0.4, 0.5) is 0 Å². The summed E-state index contributed by atoms with van der Waals surface area (Å²) in [7, 11) is 0. The van der Waals surface area contributed by atoms with Gasteiger partial charge in [-0.25, -0.2) is 0 Å². The first kappa shape index (κ1) is 18.1. The summed E-state index contributed by atoms with van der Waals surface area (Å²) in [6.45, 7) is 6.24. The van der Waals surface area contributed by atoms with Crippen molar-refractivity contribution in [1.82, 2.24) is 20.0 Å². The molecule has 1 aliphatic carbocycles. The summed E-state index contributed by atoms with van der Waals surface area (Å²) in [5.41, 5.74) is 2.66. The van der Waals surface area contributed by atoms with Crippen LogP contribution in [0, 0.1) is 6.92 Å². The molecule has 0 radical (unpaired) electrons. The summed E-state index contributed by atoms with van der Waals surface area (Å²) in [5, 5.41) is 7.38. The van der Waals surface area contributed by atoms with E-state index in [2.05, 4.69) is 21.4 Å². The van der Waals surface area contributed by atoms with E-state index in [1.54, 1.807) is 0 Å². The maximum atomic E-state index is 12.2. The molecule has 0 saturated carbocycles. The van der Waals surface area contributed by atoms with Crippen LogP contribution >= 0.6 is 0 Å². The van der Waals surface area contributed by atoms with E-state index in [0.29, 0.717) is 13.2 Å². The molecule has 138 valence electrons. The molecule has 0 bridgehead atoms. The zero-order valence-electron chi connectivity index (χ0n) is 15.2. The number of nitrogens with one attached hydrogen (secondary N) is 1. The molecule has 1 fully saturated rings. The number of aromatic nitrogens is 2. The number of amides is 1. The van der Waals surface area contributed by atoms with Crippen molar-refractivity contribution in [2.24, 2.45) is 0 Å². The van der Waals surface area contributed by atoms with Crippen LogP contribution in [0.3, 0.4) is 0 Å². The summed E-state index contributed by atoms with van der Waals surface area (Å²) >= 11 is 0. The van der Waals surface area contributed by atoms with Crippen LogP contribution in [-0.4, -0.2) is 59.5 Å². The van der Waals surface area contributed by atoms with Gasteiger partial charge in [0.05, 0.1) is 32.0 Å². The normalized spacial score (nSPS) is 21.8. The maximum absolute atomic E-state index is 12.2. The van der Waals surface area contributed by atoms with Crippen molar-refractivity contribution in [3.05, 3.63) is 29.6 Å². The van der Waals surface area contributed by atoms with E-state index in [1.807, 2.05) is 24.0 Å². The molecule has 1 aromatic heterocycles. The number of morpholine rings is 1. The summed E-state index contributed by atoms with van der Waals surface area (Å²) in [4.78, 5) is 14.4. The second kappa shape index (κ2) is 9.15. The first-order valence-electron chi connectivity index (χ1n) is 9.46. The highest BCUT2D eigenvalue weighted by Gasteiger charge is 2.22. The van der Waals surface area contributed by atoms with Crippen LogP contribution in [0.5, 0.6) is 0 Å². The quantitative estimate of drug-likeness (QED) is 0.766. The van der Waals surface area contributed by atoms with Crippen LogP contribution in [0.1, 0.15) is 37.7 Å². The minimum absolute atomic E-state index is 0.0910. The van der Waals surface area contributed by atoms with Crippen LogP contribution in [-0.2, 0) is 16.1 Å². The molecule has 25 heavy (non-hydrogen) atoms. The Morgan fingerprint density at radius 2 is 2.36 bits per heavy atom. The lowest BCUT2D eigenvalue weighted by Gasteiger charge is -2.32. The standard InChI is InChI=1S/C19H30N4O2/c1-16-11-21-23(12-16)14-18-13-22(9-10-25-18)15-19(24)20-8-7-17-5-3-2-4-6-17/h5,11-12,18H,2-4,6-10,13-15H2,1H3,(H,20,24). The Labute approximate surface area is 150 Å². The lowest BCUT2D eigenvalue weighted by atomic mass is 9.97. The van der Waals surface area contributed by atoms with E-state index < -0.39 is 0 Å². The third-order valence-electron chi connectivity index (χ3n) is 4.90. The second-order valence-electron chi connectivity index (χ2n) is 7.18. The zero-order chi connectivity index (χ0) is 17.5.